The Morgan fingerprint density at radius 1 is 1.08 bits per heavy atom. The Kier molecular flexibility index (Phi) is 3.72. The fraction of sp³-hybridized carbons (Fsp3) is 0.294. The second-order valence-electron chi connectivity index (χ2n) is 6.02. The molecule has 0 aliphatic rings. The van der Waals surface area contributed by atoms with Crippen LogP contribution in [0.2, 0.25) is 0 Å². The highest BCUT2D eigenvalue weighted by atomic mass is 16.5. The van der Waals surface area contributed by atoms with Gasteiger partial charge in [0.25, 0.3) is 0 Å². The lowest BCUT2D eigenvalue weighted by molar-refractivity contribution is 0.407. The number of furan rings is 1. The van der Waals surface area contributed by atoms with Gasteiger partial charge in [-0.1, -0.05) is 10.4 Å². The van der Waals surface area contributed by atoms with Gasteiger partial charge in [-0.25, -0.2) is 4.68 Å². The molecule has 0 aromatic carbocycles. The summed E-state index contributed by atoms with van der Waals surface area (Å²) in [6.07, 6.45) is 3.49. The van der Waals surface area contributed by atoms with Crippen LogP contribution < -0.4 is 0 Å². The van der Waals surface area contributed by atoms with Crippen LogP contribution in [0.4, 0.5) is 0 Å². The standard InChI is InChI=1S/C17H18N6O2/c1-11-12(2)19-23(13(11)3)10-15-9-22(21-18-15)8-14-7-17(25-20-14)16-5-4-6-24-16/h4-7,9H,8,10H2,1-3H3. The van der Waals surface area contributed by atoms with E-state index >= 15 is 0 Å². The van der Waals surface area contributed by atoms with E-state index in [1.54, 1.807) is 10.9 Å². The van der Waals surface area contributed by atoms with E-state index in [-0.39, 0.29) is 0 Å². The monoisotopic (exact) mass is 338 g/mol. The maximum atomic E-state index is 5.30. The summed E-state index contributed by atoms with van der Waals surface area (Å²) in [6.45, 7) is 7.22. The smallest absolute Gasteiger partial charge is 0.202 e. The molecule has 0 spiro atoms. The maximum Gasteiger partial charge on any atom is 0.202 e. The average Bonchev–Trinajstić information content (AvgIpc) is 3.36. The summed E-state index contributed by atoms with van der Waals surface area (Å²) < 4.78 is 14.3. The van der Waals surface area contributed by atoms with Gasteiger partial charge in [-0.05, 0) is 38.5 Å². The second-order valence-corrected chi connectivity index (χ2v) is 6.02. The van der Waals surface area contributed by atoms with Crippen LogP contribution in [0.5, 0.6) is 0 Å². The summed E-state index contributed by atoms with van der Waals surface area (Å²) >= 11 is 0. The molecule has 0 saturated heterocycles. The van der Waals surface area contributed by atoms with E-state index in [9.17, 15) is 0 Å². The third kappa shape index (κ3) is 2.98. The van der Waals surface area contributed by atoms with Crippen molar-refractivity contribution in [3.63, 3.8) is 0 Å². The van der Waals surface area contributed by atoms with Crippen LogP contribution in [-0.2, 0) is 13.1 Å². The Labute approximate surface area is 144 Å². The van der Waals surface area contributed by atoms with E-state index in [0.717, 1.165) is 22.8 Å². The van der Waals surface area contributed by atoms with Crippen LogP contribution >= 0.6 is 0 Å². The first-order valence-corrected chi connectivity index (χ1v) is 7.99. The molecule has 0 aliphatic carbocycles. The van der Waals surface area contributed by atoms with Crippen LogP contribution in [-0.4, -0.2) is 29.9 Å². The lowest BCUT2D eigenvalue weighted by Gasteiger charge is -2.00. The van der Waals surface area contributed by atoms with Gasteiger partial charge in [0.1, 0.15) is 11.4 Å². The summed E-state index contributed by atoms with van der Waals surface area (Å²) in [5.74, 6) is 1.25. The number of hydrogen-bond acceptors (Lipinski definition) is 6. The lowest BCUT2D eigenvalue weighted by Crippen LogP contribution is -2.04. The van der Waals surface area contributed by atoms with Gasteiger partial charge in [-0.2, -0.15) is 5.10 Å². The Balaban J connectivity index is 1.47. The van der Waals surface area contributed by atoms with Crippen molar-refractivity contribution in [3.8, 4) is 11.5 Å². The van der Waals surface area contributed by atoms with Crippen molar-refractivity contribution in [3.05, 3.63) is 59.0 Å². The Morgan fingerprint density at radius 2 is 1.96 bits per heavy atom. The van der Waals surface area contributed by atoms with Gasteiger partial charge in [0.2, 0.25) is 5.76 Å². The minimum absolute atomic E-state index is 0.480. The first-order valence-electron chi connectivity index (χ1n) is 7.99. The molecule has 0 atom stereocenters. The van der Waals surface area contributed by atoms with Crippen molar-refractivity contribution in [1.82, 2.24) is 29.9 Å². The highest BCUT2D eigenvalue weighted by Crippen LogP contribution is 2.20. The molecule has 4 heterocycles. The molecule has 8 heteroatoms. The number of aromatic nitrogens is 6. The predicted molar refractivity (Wildman–Crippen MR) is 88.9 cm³/mol. The largest absolute Gasteiger partial charge is 0.461 e. The fourth-order valence-electron chi connectivity index (χ4n) is 2.67. The molecule has 0 fully saturated rings. The Hall–Kier alpha value is -3.16. The van der Waals surface area contributed by atoms with E-state index in [4.69, 9.17) is 8.94 Å². The molecule has 25 heavy (non-hydrogen) atoms. The summed E-state index contributed by atoms with van der Waals surface area (Å²) in [5.41, 5.74) is 5.00. The van der Waals surface area contributed by atoms with E-state index in [1.807, 2.05) is 36.0 Å². The van der Waals surface area contributed by atoms with E-state index in [0.29, 0.717) is 24.6 Å². The van der Waals surface area contributed by atoms with E-state index in [2.05, 4.69) is 34.4 Å². The van der Waals surface area contributed by atoms with Crippen molar-refractivity contribution in [1.29, 1.82) is 0 Å². The van der Waals surface area contributed by atoms with Gasteiger partial charge >= 0.3 is 0 Å². The first-order chi connectivity index (χ1) is 12.1. The van der Waals surface area contributed by atoms with Crippen LogP contribution in [0.1, 0.15) is 28.3 Å². The molecule has 4 aromatic heterocycles. The zero-order chi connectivity index (χ0) is 17.4. The molecule has 0 unspecified atom stereocenters. The zero-order valence-corrected chi connectivity index (χ0v) is 14.3. The molecule has 0 aliphatic heterocycles. The highest BCUT2D eigenvalue weighted by molar-refractivity contribution is 5.49. The lowest BCUT2D eigenvalue weighted by atomic mass is 10.2. The van der Waals surface area contributed by atoms with E-state index in [1.165, 1.54) is 5.56 Å². The van der Waals surface area contributed by atoms with Crippen molar-refractivity contribution < 1.29 is 8.94 Å². The first kappa shape index (κ1) is 15.4. The van der Waals surface area contributed by atoms with Crippen molar-refractivity contribution >= 4 is 0 Å². The number of rotatable bonds is 5. The predicted octanol–water partition coefficient (Wildman–Crippen LogP) is 2.74. The fourth-order valence-corrected chi connectivity index (χ4v) is 2.67. The van der Waals surface area contributed by atoms with Crippen LogP contribution in [0, 0.1) is 20.8 Å². The van der Waals surface area contributed by atoms with Crippen LogP contribution in [0.15, 0.2) is 39.6 Å². The molecule has 8 nitrogen and oxygen atoms in total. The highest BCUT2D eigenvalue weighted by Gasteiger charge is 2.12. The van der Waals surface area contributed by atoms with Crippen LogP contribution in [0.3, 0.4) is 0 Å². The molecular weight excluding hydrogens is 320 g/mol. The molecule has 0 N–H and O–H groups in total. The molecule has 4 aromatic rings. The molecule has 0 amide bonds. The Bertz CT molecular complexity index is 993. The van der Waals surface area contributed by atoms with Crippen LogP contribution in [0.25, 0.3) is 11.5 Å². The van der Waals surface area contributed by atoms with Gasteiger partial charge in [0.05, 0.1) is 31.2 Å². The normalized spacial score (nSPS) is 11.3. The number of nitrogens with zero attached hydrogens (tertiary/aromatic N) is 6. The summed E-state index contributed by atoms with van der Waals surface area (Å²) in [5, 5.41) is 17.0. The van der Waals surface area contributed by atoms with Gasteiger partial charge in [0.15, 0.2) is 5.76 Å². The number of hydrogen-bond donors (Lipinski definition) is 0. The average molecular weight is 338 g/mol. The molecule has 0 bridgehead atoms. The van der Waals surface area contributed by atoms with Gasteiger partial charge in [0, 0.05) is 11.8 Å². The third-order valence-corrected chi connectivity index (χ3v) is 4.29. The summed E-state index contributed by atoms with van der Waals surface area (Å²) in [6, 6.07) is 5.47. The van der Waals surface area contributed by atoms with Gasteiger partial charge in [-0.15, -0.1) is 5.10 Å². The Morgan fingerprint density at radius 3 is 2.68 bits per heavy atom. The quantitative estimate of drug-likeness (QED) is 0.556. The minimum Gasteiger partial charge on any atom is -0.461 e. The molecule has 4 rings (SSSR count). The molecule has 0 radical (unpaired) electrons. The minimum atomic E-state index is 0.480. The third-order valence-electron chi connectivity index (χ3n) is 4.29. The zero-order valence-electron chi connectivity index (χ0n) is 14.3. The topological polar surface area (TPSA) is 87.7 Å². The van der Waals surface area contributed by atoms with Crippen molar-refractivity contribution in [2.24, 2.45) is 0 Å². The van der Waals surface area contributed by atoms with E-state index < -0.39 is 0 Å². The van der Waals surface area contributed by atoms with Crippen molar-refractivity contribution in [2.45, 2.75) is 33.9 Å². The molecule has 128 valence electrons. The van der Waals surface area contributed by atoms with Gasteiger partial charge in [-0.3, -0.25) is 4.68 Å². The molecule has 0 saturated carbocycles. The SMILES string of the molecule is Cc1nn(Cc2cn(Cc3cc(-c4ccco4)on3)nn2)c(C)c1C. The molecular formula is C17H18N6O2. The van der Waals surface area contributed by atoms with Gasteiger partial charge < -0.3 is 8.94 Å². The second kappa shape index (κ2) is 6.04. The number of aryl methyl sites for hydroxylation is 1. The van der Waals surface area contributed by atoms with Crippen molar-refractivity contribution in [2.75, 3.05) is 0 Å². The summed E-state index contributed by atoms with van der Waals surface area (Å²) in [4.78, 5) is 0. The maximum absolute atomic E-state index is 5.30. The summed E-state index contributed by atoms with van der Waals surface area (Å²) in [7, 11) is 0.